The van der Waals surface area contributed by atoms with Crippen LogP contribution in [0.5, 0.6) is 11.5 Å². The van der Waals surface area contributed by atoms with Gasteiger partial charge in [-0.25, -0.2) is 9.59 Å². The van der Waals surface area contributed by atoms with E-state index in [-0.39, 0.29) is 6.03 Å². The number of H-pyrrole nitrogens is 1. The smallest absolute Gasteiger partial charge is 0.355 e. The van der Waals surface area contributed by atoms with Crippen molar-refractivity contribution in [1.82, 2.24) is 9.88 Å². The molecule has 0 spiro atoms. The summed E-state index contributed by atoms with van der Waals surface area (Å²) in [6.07, 6.45) is 0. The zero-order chi connectivity index (χ0) is 24.9. The second-order valence-corrected chi connectivity index (χ2v) is 8.58. The van der Waals surface area contributed by atoms with Crippen molar-refractivity contribution < 1.29 is 23.8 Å². The molecular formula is C27H31N3O5. The average molecular weight is 478 g/mol. The Labute approximate surface area is 205 Å². The maximum Gasteiger partial charge on any atom is 0.355 e. The monoisotopic (exact) mass is 477 g/mol. The molecule has 0 aliphatic carbocycles. The van der Waals surface area contributed by atoms with E-state index in [1.54, 1.807) is 30.0 Å². The average Bonchev–Trinajstić information content (AvgIpc) is 3.13. The van der Waals surface area contributed by atoms with Crippen LogP contribution >= 0.6 is 0 Å². The van der Waals surface area contributed by atoms with Gasteiger partial charge in [0.15, 0.2) is 11.5 Å². The predicted molar refractivity (Wildman–Crippen MR) is 133 cm³/mol. The van der Waals surface area contributed by atoms with Crippen molar-refractivity contribution in [2.75, 3.05) is 25.1 Å². The summed E-state index contributed by atoms with van der Waals surface area (Å²) in [5.74, 6) is 0.872. The van der Waals surface area contributed by atoms with E-state index in [1.165, 1.54) is 0 Å². The van der Waals surface area contributed by atoms with Crippen molar-refractivity contribution in [3.8, 4) is 11.5 Å². The first-order chi connectivity index (χ1) is 16.9. The van der Waals surface area contributed by atoms with Crippen molar-refractivity contribution in [3.05, 3.63) is 76.1 Å². The zero-order valence-corrected chi connectivity index (χ0v) is 20.6. The largest absolute Gasteiger partial charge is 0.486 e. The number of carbonyl (C=O) groups is 2. The molecule has 1 aliphatic heterocycles. The second-order valence-electron chi connectivity index (χ2n) is 8.58. The van der Waals surface area contributed by atoms with Gasteiger partial charge in [0, 0.05) is 30.5 Å². The summed E-state index contributed by atoms with van der Waals surface area (Å²) < 4.78 is 16.4. The van der Waals surface area contributed by atoms with Crippen LogP contribution in [0.1, 0.15) is 45.4 Å². The van der Waals surface area contributed by atoms with Gasteiger partial charge in [-0.05, 0) is 56.5 Å². The number of amides is 2. The van der Waals surface area contributed by atoms with Crippen molar-refractivity contribution >= 4 is 17.7 Å². The minimum Gasteiger partial charge on any atom is -0.486 e. The van der Waals surface area contributed by atoms with E-state index in [9.17, 15) is 9.59 Å². The standard InChI is InChI=1S/C27H31N3O5/c1-5-33-26(31)25-18(3)22(19(4)28-25)16-30(15-20-8-6-17(2)7-9-20)27(32)29-21-10-11-23-24(14-21)35-13-12-34-23/h6-11,14,28H,5,12-13,15-16H2,1-4H3,(H,29,32). The topological polar surface area (TPSA) is 92.9 Å². The Morgan fingerprint density at radius 2 is 1.71 bits per heavy atom. The summed E-state index contributed by atoms with van der Waals surface area (Å²) in [6, 6.07) is 13.2. The number of aryl methyl sites for hydroxylation is 2. The molecule has 1 aliphatic rings. The second kappa shape index (κ2) is 10.5. The van der Waals surface area contributed by atoms with Crippen LogP contribution in [0.4, 0.5) is 10.5 Å². The van der Waals surface area contributed by atoms with Gasteiger partial charge in [-0.2, -0.15) is 0 Å². The molecule has 0 bridgehead atoms. The molecule has 2 amide bonds. The van der Waals surface area contributed by atoms with E-state index in [4.69, 9.17) is 14.2 Å². The van der Waals surface area contributed by atoms with Crippen LogP contribution in [0, 0.1) is 20.8 Å². The van der Waals surface area contributed by atoms with E-state index in [2.05, 4.69) is 10.3 Å². The van der Waals surface area contributed by atoms with Crippen molar-refractivity contribution in [3.63, 3.8) is 0 Å². The van der Waals surface area contributed by atoms with E-state index in [0.717, 1.165) is 27.9 Å². The van der Waals surface area contributed by atoms with E-state index in [0.29, 0.717) is 55.8 Å². The van der Waals surface area contributed by atoms with Gasteiger partial charge < -0.3 is 29.4 Å². The Kier molecular flexibility index (Phi) is 7.29. The first-order valence-corrected chi connectivity index (χ1v) is 11.7. The van der Waals surface area contributed by atoms with Gasteiger partial charge in [0.2, 0.25) is 0 Å². The van der Waals surface area contributed by atoms with Crippen LogP contribution in [0.3, 0.4) is 0 Å². The highest BCUT2D eigenvalue weighted by molar-refractivity contribution is 5.91. The number of ether oxygens (including phenoxy) is 3. The van der Waals surface area contributed by atoms with Crippen LogP contribution in [0.2, 0.25) is 0 Å². The Morgan fingerprint density at radius 1 is 1.00 bits per heavy atom. The molecule has 3 aromatic rings. The Balaban J connectivity index is 1.59. The fourth-order valence-electron chi connectivity index (χ4n) is 4.06. The molecular weight excluding hydrogens is 446 g/mol. The summed E-state index contributed by atoms with van der Waals surface area (Å²) >= 11 is 0. The lowest BCUT2D eigenvalue weighted by Gasteiger charge is -2.25. The number of esters is 1. The van der Waals surface area contributed by atoms with Crippen LogP contribution in [0.15, 0.2) is 42.5 Å². The molecule has 0 atom stereocenters. The fraction of sp³-hybridized carbons (Fsp3) is 0.333. The van der Waals surface area contributed by atoms with Crippen LogP contribution in [-0.2, 0) is 17.8 Å². The first kappa shape index (κ1) is 24.2. The van der Waals surface area contributed by atoms with Gasteiger partial charge in [-0.1, -0.05) is 29.8 Å². The van der Waals surface area contributed by atoms with Crippen molar-refractivity contribution in [2.24, 2.45) is 0 Å². The lowest BCUT2D eigenvalue weighted by Crippen LogP contribution is -2.34. The number of anilines is 1. The maximum absolute atomic E-state index is 13.5. The maximum atomic E-state index is 13.5. The van der Waals surface area contributed by atoms with E-state index in [1.807, 2.05) is 45.0 Å². The minimum atomic E-state index is -0.398. The van der Waals surface area contributed by atoms with E-state index >= 15 is 0 Å². The predicted octanol–water partition coefficient (Wildman–Crippen LogP) is 5.12. The van der Waals surface area contributed by atoms with Gasteiger partial charge >= 0.3 is 12.0 Å². The first-order valence-electron chi connectivity index (χ1n) is 11.7. The molecule has 0 unspecified atom stereocenters. The molecule has 2 aromatic carbocycles. The molecule has 35 heavy (non-hydrogen) atoms. The van der Waals surface area contributed by atoms with Gasteiger partial charge in [-0.3, -0.25) is 0 Å². The summed E-state index contributed by atoms with van der Waals surface area (Å²) in [5.41, 5.74) is 5.68. The number of urea groups is 1. The Hall–Kier alpha value is -3.94. The number of carbonyl (C=O) groups excluding carboxylic acids is 2. The molecule has 8 nitrogen and oxygen atoms in total. The third-order valence-corrected chi connectivity index (χ3v) is 6.00. The van der Waals surface area contributed by atoms with Crippen LogP contribution in [-0.4, -0.2) is 41.7 Å². The number of nitrogens with one attached hydrogen (secondary N) is 2. The van der Waals surface area contributed by atoms with E-state index < -0.39 is 5.97 Å². The highest BCUT2D eigenvalue weighted by Crippen LogP contribution is 2.33. The number of hydrogen-bond donors (Lipinski definition) is 2. The molecule has 1 aromatic heterocycles. The van der Waals surface area contributed by atoms with Gasteiger partial charge in [0.05, 0.1) is 6.61 Å². The molecule has 0 fully saturated rings. The summed E-state index contributed by atoms with van der Waals surface area (Å²) in [5, 5.41) is 2.98. The third-order valence-electron chi connectivity index (χ3n) is 6.00. The highest BCUT2D eigenvalue weighted by atomic mass is 16.6. The number of nitrogens with zero attached hydrogens (tertiary/aromatic N) is 1. The number of fused-ring (bicyclic) bond motifs is 1. The lowest BCUT2D eigenvalue weighted by molar-refractivity contribution is 0.0519. The van der Waals surface area contributed by atoms with Gasteiger partial charge in [0.1, 0.15) is 18.9 Å². The van der Waals surface area contributed by atoms with Gasteiger partial charge in [0.25, 0.3) is 0 Å². The number of aromatic amines is 1. The molecule has 2 heterocycles. The summed E-state index contributed by atoms with van der Waals surface area (Å²) in [7, 11) is 0. The molecule has 4 rings (SSSR count). The third kappa shape index (κ3) is 5.59. The molecule has 0 saturated carbocycles. The number of benzene rings is 2. The Bertz CT molecular complexity index is 1220. The quantitative estimate of drug-likeness (QED) is 0.461. The molecule has 0 saturated heterocycles. The fourth-order valence-corrected chi connectivity index (χ4v) is 4.06. The molecule has 184 valence electrons. The number of hydrogen-bond acceptors (Lipinski definition) is 5. The van der Waals surface area contributed by atoms with Crippen LogP contribution in [0.25, 0.3) is 0 Å². The highest BCUT2D eigenvalue weighted by Gasteiger charge is 2.23. The van der Waals surface area contributed by atoms with Crippen LogP contribution < -0.4 is 14.8 Å². The minimum absolute atomic E-state index is 0.264. The summed E-state index contributed by atoms with van der Waals surface area (Å²) in [4.78, 5) is 30.7. The SMILES string of the molecule is CCOC(=O)c1[nH]c(C)c(CN(Cc2ccc(C)cc2)C(=O)Nc2ccc3c(c2)OCCO3)c1C. The molecule has 2 N–H and O–H groups in total. The normalized spacial score (nSPS) is 12.2. The summed E-state index contributed by atoms with van der Waals surface area (Å²) in [6.45, 7) is 9.55. The number of rotatable bonds is 7. The van der Waals surface area contributed by atoms with Gasteiger partial charge in [-0.15, -0.1) is 0 Å². The van der Waals surface area contributed by atoms with Crippen molar-refractivity contribution in [1.29, 1.82) is 0 Å². The Morgan fingerprint density at radius 3 is 2.43 bits per heavy atom. The lowest BCUT2D eigenvalue weighted by atomic mass is 10.1. The number of aromatic nitrogens is 1. The molecule has 8 heteroatoms. The molecule has 0 radical (unpaired) electrons. The zero-order valence-electron chi connectivity index (χ0n) is 20.6. The van der Waals surface area contributed by atoms with Crippen molar-refractivity contribution in [2.45, 2.75) is 40.8 Å².